The summed E-state index contributed by atoms with van der Waals surface area (Å²) in [7, 11) is -2.15. The summed E-state index contributed by atoms with van der Waals surface area (Å²) >= 11 is 0. The monoisotopic (exact) mass is 267 g/mol. The second-order valence-electron chi connectivity index (χ2n) is 3.74. The van der Waals surface area contributed by atoms with Crippen LogP contribution in [0.1, 0.15) is 5.56 Å². The van der Waals surface area contributed by atoms with E-state index >= 15 is 0 Å². The Hall–Kier alpha value is -2.02. The average Bonchev–Trinajstić information content (AvgIpc) is 2.85. The number of methoxy groups -OCH3 is 1. The molecule has 0 aliphatic heterocycles. The van der Waals surface area contributed by atoms with Crippen LogP contribution in [-0.4, -0.2) is 25.7 Å². The maximum atomic E-state index is 12.0. The van der Waals surface area contributed by atoms with Crippen LogP contribution >= 0.6 is 0 Å². The van der Waals surface area contributed by atoms with E-state index in [2.05, 4.69) is 14.9 Å². The fraction of sp³-hybridized carbons (Fsp3) is 0.182. The molecular weight excluding hydrogens is 254 g/mol. The Morgan fingerprint density at radius 3 is 2.78 bits per heavy atom. The molecule has 2 rings (SSSR count). The van der Waals surface area contributed by atoms with Gasteiger partial charge in [0.25, 0.3) is 10.0 Å². The second kappa shape index (κ2) is 4.69. The molecule has 96 valence electrons. The highest BCUT2D eigenvalue weighted by Crippen LogP contribution is 2.27. The average molecular weight is 267 g/mol. The highest BCUT2D eigenvalue weighted by atomic mass is 32.2. The number of anilines is 1. The summed E-state index contributed by atoms with van der Waals surface area (Å²) in [6, 6.07) is 5.22. The first-order chi connectivity index (χ1) is 8.53. The number of nitrogens with zero attached hydrogens (tertiary/aromatic N) is 1. The molecule has 1 aromatic carbocycles. The fourth-order valence-electron chi connectivity index (χ4n) is 1.47. The van der Waals surface area contributed by atoms with Gasteiger partial charge >= 0.3 is 0 Å². The Balaban J connectivity index is 2.35. The molecule has 0 fully saturated rings. The summed E-state index contributed by atoms with van der Waals surface area (Å²) in [6.07, 6.45) is 2.55. The summed E-state index contributed by atoms with van der Waals surface area (Å²) in [6.45, 7) is 1.90. The SMILES string of the molecule is COc1cc(C)ccc1NS(=O)(=O)c1cn[nH]c1. The van der Waals surface area contributed by atoms with Gasteiger partial charge in [-0.25, -0.2) is 8.42 Å². The first-order valence-electron chi connectivity index (χ1n) is 5.19. The van der Waals surface area contributed by atoms with Crippen LogP contribution in [0.15, 0.2) is 35.5 Å². The van der Waals surface area contributed by atoms with Crippen molar-refractivity contribution >= 4 is 15.7 Å². The van der Waals surface area contributed by atoms with Crippen LogP contribution in [0.2, 0.25) is 0 Å². The number of benzene rings is 1. The molecule has 1 heterocycles. The van der Waals surface area contributed by atoms with Crippen molar-refractivity contribution in [3.8, 4) is 5.75 Å². The normalized spacial score (nSPS) is 11.2. The molecule has 7 heteroatoms. The van der Waals surface area contributed by atoms with Crippen molar-refractivity contribution in [2.45, 2.75) is 11.8 Å². The molecule has 1 aromatic heterocycles. The largest absolute Gasteiger partial charge is 0.495 e. The number of aromatic nitrogens is 2. The molecule has 0 amide bonds. The minimum absolute atomic E-state index is 0.0742. The van der Waals surface area contributed by atoms with Crippen molar-refractivity contribution in [3.05, 3.63) is 36.2 Å². The molecule has 18 heavy (non-hydrogen) atoms. The first-order valence-corrected chi connectivity index (χ1v) is 6.67. The standard InChI is InChI=1S/C11H13N3O3S/c1-8-3-4-10(11(5-8)17-2)14-18(15,16)9-6-12-13-7-9/h3-7,14H,1-2H3,(H,12,13). The van der Waals surface area contributed by atoms with Crippen molar-refractivity contribution in [3.63, 3.8) is 0 Å². The van der Waals surface area contributed by atoms with Gasteiger partial charge in [0.05, 0.1) is 19.0 Å². The molecule has 0 saturated carbocycles. The van der Waals surface area contributed by atoms with E-state index in [4.69, 9.17) is 4.74 Å². The summed E-state index contributed by atoms with van der Waals surface area (Å²) in [5.74, 6) is 0.474. The summed E-state index contributed by atoms with van der Waals surface area (Å²) < 4.78 is 31.6. The van der Waals surface area contributed by atoms with Gasteiger partial charge in [-0.15, -0.1) is 0 Å². The minimum Gasteiger partial charge on any atom is -0.495 e. The number of rotatable bonds is 4. The molecule has 2 aromatic rings. The van der Waals surface area contributed by atoms with Crippen molar-refractivity contribution < 1.29 is 13.2 Å². The lowest BCUT2D eigenvalue weighted by Crippen LogP contribution is -2.13. The highest BCUT2D eigenvalue weighted by molar-refractivity contribution is 7.92. The van der Waals surface area contributed by atoms with Gasteiger partial charge in [-0.3, -0.25) is 9.82 Å². The van der Waals surface area contributed by atoms with Gasteiger partial charge in [-0.05, 0) is 24.6 Å². The molecule has 0 unspecified atom stereocenters. The number of aromatic amines is 1. The Morgan fingerprint density at radius 2 is 2.17 bits per heavy atom. The zero-order valence-corrected chi connectivity index (χ0v) is 10.8. The van der Waals surface area contributed by atoms with Crippen molar-refractivity contribution in [1.82, 2.24) is 10.2 Å². The van der Waals surface area contributed by atoms with Crippen LogP contribution in [0, 0.1) is 6.92 Å². The first kappa shape index (κ1) is 12.4. The van der Waals surface area contributed by atoms with Crippen LogP contribution in [0.25, 0.3) is 0 Å². The molecule has 2 N–H and O–H groups in total. The number of hydrogen-bond donors (Lipinski definition) is 2. The van der Waals surface area contributed by atoms with Gasteiger partial charge in [-0.2, -0.15) is 5.10 Å². The molecule has 0 bridgehead atoms. The van der Waals surface area contributed by atoms with Crippen molar-refractivity contribution in [1.29, 1.82) is 0 Å². The van der Waals surface area contributed by atoms with Crippen LogP contribution in [0.4, 0.5) is 5.69 Å². The van der Waals surface area contributed by atoms with Gasteiger partial charge in [-0.1, -0.05) is 6.07 Å². The summed E-state index contributed by atoms with van der Waals surface area (Å²) in [4.78, 5) is 0.0742. The fourth-order valence-corrected chi connectivity index (χ4v) is 2.45. The predicted molar refractivity (Wildman–Crippen MR) is 67.1 cm³/mol. The molecule has 6 nitrogen and oxygen atoms in total. The smallest absolute Gasteiger partial charge is 0.265 e. The maximum absolute atomic E-state index is 12.0. The lowest BCUT2D eigenvalue weighted by Gasteiger charge is -2.11. The van der Waals surface area contributed by atoms with E-state index in [0.29, 0.717) is 11.4 Å². The maximum Gasteiger partial charge on any atom is 0.265 e. The van der Waals surface area contributed by atoms with Gasteiger partial charge in [0, 0.05) is 6.20 Å². The molecule has 0 spiro atoms. The number of aryl methyl sites for hydroxylation is 1. The quantitative estimate of drug-likeness (QED) is 0.879. The third-order valence-corrected chi connectivity index (χ3v) is 3.72. The van der Waals surface area contributed by atoms with E-state index in [-0.39, 0.29) is 4.90 Å². The van der Waals surface area contributed by atoms with Crippen molar-refractivity contribution in [2.75, 3.05) is 11.8 Å². The van der Waals surface area contributed by atoms with Crippen LogP contribution in [-0.2, 0) is 10.0 Å². The Kier molecular flexibility index (Phi) is 3.24. The summed E-state index contributed by atoms with van der Waals surface area (Å²) in [5.41, 5.74) is 1.38. The van der Waals surface area contributed by atoms with E-state index in [1.165, 1.54) is 19.5 Å². The topological polar surface area (TPSA) is 84.1 Å². The third kappa shape index (κ3) is 2.45. The number of ether oxygens (including phenoxy) is 1. The van der Waals surface area contributed by atoms with Gasteiger partial charge in [0.15, 0.2) is 0 Å². The van der Waals surface area contributed by atoms with Crippen LogP contribution in [0.3, 0.4) is 0 Å². The lowest BCUT2D eigenvalue weighted by atomic mass is 10.2. The number of hydrogen-bond acceptors (Lipinski definition) is 4. The van der Waals surface area contributed by atoms with E-state index in [9.17, 15) is 8.42 Å². The third-order valence-electron chi connectivity index (χ3n) is 2.38. The molecule has 0 radical (unpaired) electrons. The van der Waals surface area contributed by atoms with Crippen LogP contribution < -0.4 is 9.46 Å². The molecular formula is C11H13N3O3S. The zero-order valence-electron chi connectivity index (χ0n) is 9.97. The van der Waals surface area contributed by atoms with E-state index in [1.54, 1.807) is 18.2 Å². The van der Waals surface area contributed by atoms with Crippen LogP contribution in [0.5, 0.6) is 5.75 Å². The Labute approximate surface area is 105 Å². The number of H-pyrrole nitrogens is 1. The van der Waals surface area contributed by atoms with Gasteiger partial charge in [0.2, 0.25) is 0 Å². The second-order valence-corrected chi connectivity index (χ2v) is 5.43. The van der Waals surface area contributed by atoms with Gasteiger partial charge < -0.3 is 4.74 Å². The molecule has 0 saturated heterocycles. The molecule has 0 atom stereocenters. The number of nitrogens with one attached hydrogen (secondary N) is 2. The van der Waals surface area contributed by atoms with E-state index < -0.39 is 10.0 Å². The van der Waals surface area contributed by atoms with E-state index in [0.717, 1.165) is 5.56 Å². The number of sulfonamides is 1. The zero-order chi connectivity index (χ0) is 13.2. The minimum atomic E-state index is -3.64. The lowest BCUT2D eigenvalue weighted by molar-refractivity contribution is 0.416. The summed E-state index contributed by atoms with van der Waals surface area (Å²) in [5, 5.41) is 6.07. The molecule has 0 aliphatic rings. The molecule has 0 aliphatic carbocycles. The highest BCUT2D eigenvalue weighted by Gasteiger charge is 2.17. The Morgan fingerprint density at radius 1 is 1.39 bits per heavy atom. The van der Waals surface area contributed by atoms with Crippen molar-refractivity contribution in [2.24, 2.45) is 0 Å². The van der Waals surface area contributed by atoms with E-state index in [1.807, 2.05) is 6.92 Å². The predicted octanol–water partition coefficient (Wildman–Crippen LogP) is 1.53. The van der Waals surface area contributed by atoms with Gasteiger partial charge in [0.1, 0.15) is 10.6 Å². The Bertz CT molecular complexity index is 636.